The fourth-order valence-corrected chi connectivity index (χ4v) is 3.19. The highest BCUT2D eigenvalue weighted by atomic mass is 16.5. The van der Waals surface area contributed by atoms with Crippen LogP contribution in [-0.4, -0.2) is 25.0 Å². The molecule has 0 aliphatic heterocycles. The van der Waals surface area contributed by atoms with E-state index in [1.165, 1.54) is 0 Å². The molecule has 0 N–H and O–H groups in total. The van der Waals surface area contributed by atoms with Gasteiger partial charge >= 0.3 is 5.97 Å². The van der Waals surface area contributed by atoms with Gasteiger partial charge < -0.3 is 9.47 Å². The van der Waals surface area contributed by atoms with Gasteiger partial charge in [-0.15, -0.1) is 12.3 Å². The van der Waals surface area contributed by atoms with Crippen LogP contribution in [0.15, 0.2) is 23.5 Å². The minimum atomic E-state index is -0.466. The first-order chi connectivity index (χ1) is 10.3. The highest BCUT2D eigenvalue weighted by Crippen LogP contribution is 2.59. The zero-order valence-electron chi connectivity index (χ0n) is 13.5. The lowest BCUT2D eigenvalue weighted by Gasteiger charge is -2.13. The third-order valence-corrected chi connectivity index (χ3v) is 4.79. The molecule has 2 aliphatic rings. The topological polar surface area (TPSA) is 52.6 Å². The number of ketones is 1. The van der Waals surface area contributed by atoms with E-state index in [1.807, 2.05) is 26.8 Å². The number of terminal acetylenes is 1. The number of rotatable bonds is 5. The Hall–Kier alpha value is -2.02. The van der Waals surface area contributed by atoms with E-state index in [1.54, 1.807) is 13.4 Å². The maximum absolute atomic E-state index is 12.4. The van der Waals surface area contributed by atoms with Crippen molar-refractivity contribution in [3.8, 4) is 12.3 Å². The van der Waals surface area contributed by atoms with Crippen LogP contribution in [0.5, 0.6) is 0 Å². The number of allylic oxidation sites excluding steroid dienone is 2. The molecule has 118 valence electrons. The van der Waals surface area contributed by atoms with Crippen LogP contribution in [0.1, 0.15) is 33.6 Å². The van der Waals surface area contributed by atoms with Crippen molar-refractivity contribution in [1.82, 2.24) is 0 Å². The second-order valence-corrected chi connectivity index (χ2v) is 6.48. The average molecular weight is 302 g/mol. The van der Waals surface area contributed by atoms with Gasteiger partial charge in [-0.25, -0.2) is 0 Å². The van der Waals surface area contributed by atoms with Gasteiger partial charge in [0, 0.05) is 12.0 Å². The monoisotopic (exact) mass is 302 g/mol. The second kappa shape index (κ2) is 6.00. The smallest absolute Gasteiger partial charge is 0.310 e. The molecule has 0 radical (unpaired) electrons. The summed E-state index contributed by atoms with van der Waals surface area (Å²) in [4.78, 5) is 24.3. The van der Waals surface area contributed by atoms with E-state index in [2.05, 4.69) is 5.92 Å². The van der Waals surface area contributed by atoms with Crippen LogP contribution in [0.3, 0.4) is 0 Å². The minimum absolute atomic E-state index is 0.0147. The third kappa shape index (κ3) is 2.81. The molecule has 0 heterocycles. The predicted molar refractivity (Wildman–Crippen MR) is 82.6 cm³/mol. The largest absolute Gasteiger partial charge is 0.505 e. The molecule has 4 heteroatoms. The van der Waals surface area contributed by atoms with Crippen LogP contribution in [0.2, 0.25) is 0 Å². The lowest BCUT2D eigenvalue weighted by atomic mass is 10.1. The Morgan fingerprint density at radius 3 is 2.77 bits per heavy atom. The molecule has 0 aromatic rings. The summed E-state index contributed by atoms with van der Waals surface area (Å²) in [5, 5.41) is 0. The van der Waals surface area contributed by atoms with Gasteiger partial charge in [0.05, 0.1) is 25.7 Å². The van der Waals surface area contributed by atoms with E-state index in [9.17, 15) is 9.59 Å². The predicted octanol–water partition coefficient (Wildman–Crippen LogP) is 2.64. The zero-order valence-corrected chi connectivity index (χ0v) is 13.5. The molecule has 0 bridgehead atoms. The van der Waals surface area contributed by atoms with Crippen LogP contribution in [0, 0.1) is 29.6 Å². The summed E-state index contributed by atoms with van der Waals surface area (Å²) < 4.78 is 10.5. The number of hydrogen-bond donors (Lipinski definition) is 0. The number of esters is 1. The summed E-state index contributed by atoms with van der Waals surface area (Å²) in [5.74, 6) is 2.12. The molecular formula is C18H22O4. The van der Waals surface area contributed by atoms with Crippen molar-refractivity contribution < 1.29 is 19.1 Å². The van der Waals surface area contributed by atoms with E-state index in [0.29, 0.717) is 12.0 Å². The van der Waals surface area contributed by atoms with Crippen molar-refractivity contribution in [3.63, 3.8) is 0 Å². The summed E-state index contributed by atoms with van der Waals surface area (Å²) >= 11 is 0. The fourth-order valence-electron chi connectivity index (χ4n) is 3.19. The highest BCUT2D eigenvalue weighted by molar-refractivity contribution is 6.00. The van der Waals surface area contributed by atoms with E-state index >= 15 is 0 Å². The Morgan fingerprint density at radius 1 is 1.50 bits per heavy atom. The lowest BCUT2D eigenvalue weighted by molar-refractivity contribution is -0.150. The first kappa shape index (κ1) is 16.4. The number of Topliss-reactive ketones (excluding diaryl/α,β-unsaturated/α-hetero) is 1. The number of carbonyl (C=O) groups is 2. The first-order valence-corrected chi connectivity index (χ1v) is 7.40. The Labute approximate surface area is 131 Å². The standard InChI is InChI=1S/C18H22O4/c1-6-7-12-11(2)15(10-14(12)19)22-17(20)16-13(8-9-21-5)18(16,3)4/h1,8-9,13,15-16H,7,10H2,2-5H3/b9-8-/t13-,15?,16+/m1/s1. The molecule has 3 atom stereocenters. The van der Waals surface area contributed by atoms with Gasteiger partial charge in [-0.1, -0.05) is 13.8 Å². The van der Waals surface area contributed by atoms with E-state index in [-0.39, 0.29) is 35.4 Å². The van der Waals surface area contributed by atoms with Crippen molar-refractivity contribution in [2.24, 2.45) is 17.3 Å². The molecule has 2 rings (SSSR count). The number of carbonyl (C=O) groups excluding carboxylic acids is 2. The molecule has 22 heavy (non-hydrogen) atoms. The summed E-state index contributed by atoms with van der Waals surface area (Å²) in [5.41, 5.74) is 1.26. The van der Waals surface area contributed by atoms with E-state index < -0.39 is 6.10 Å². The number of methoxy groups -OCH3 is 1. The second-order valence-electron chi connectivity index (χ2n) is 6.48. The summed E-state index contributed by atoms with van der Waals surface area (Å²) in [6, 6.07) is 0. The lowest BCUT2D eigenvalue weighted by Crippen LogP contribution is -2.20. The van der Waals surface area contributed by atoms with Gasteiger partial charge in [-0.3, -0.25) is 9.59 Å². The number of hydrogen-bond acceptors (Lipinski definition) is 4. The molecule has 0 amide bonds. The summed E-state index contributed by atoms with van der Waals surface area (Å²) in [7, 11) is 1.57. The molecule has 0 spiro atoms. The molecule has 1 unspecified atom stereocenters. The van der Waals surface area contributed by atoms with Crippen LogP contribution in [0.4, 0.5) is 0 Å². The third-order valence-electron chi connectivity index (χ3n) is 4.79. The van der Waals surface area contributed by atoms with Crippen LogP contribution in [0.25, 0.3) is 0 Å². The van der Waals surface area contributed by atoms with Crippen molar-refractivity contribution >= 4 is 11.8 Å². The Bertz CT molecular complexity index is 589. The van der Waals surface area contributed by atoms with Crippen molar-refractivity contribution in [1.29, 1.82) is 0 Å². The van der Waals surface area contributed by atoms with Crippen molar-refractivity contribution in [2.45, 2.75) is 39.7 Å². The number of ether oxygens (including phenoxy) is 2. The summed E-state index contributed by atoms with van der Waals surface area (Å²) in [6.45, 7) is 5.86. The van der Waals surface area contributed by atoms with Crippen LogP contribution in [-0.2, 0) is 19.1 Å². The van der Waals surface area contributed by atoms with E-state index in [0.717, 1.165) is 5.57 Å². The maximum Gasteiger partial charge on any atom is 0.310 e. The minimum Gasteiger partial charge on any atom is -0.505 e. The van der Waals surface area contributed by atoms with Gasteiger partial charge in [-0.05, 0) is 29.9 Å². The normalized spacial score (nSPS) is 29.6. The van der Waals surface area contributed by atoms with Gasteiger partial charge in [0.2, 0.25) is 0 Å². The fraction of sp³-hybridized carbons (Fsp3) is 0.556. The van der Waals surface area contributed by atoms with Crippen molar-refractivity contribution in [2.75, 3.05) is 7.11 Å². The molecule has 0 aromatic heterocycles. The Morgan fingerprint density at radius 2 is 2.18 bits per heavy atom. The summed E-state index contributed by atoms with van der Waals surface area (Å²) in [6.07, 6.45) is 8.79. The SMILES string of the molecule is C#CCC1=C(C)C(OC(=O)[C@@H]2[C@@H](/C=C\OC)C2(C)C)CC1=O. The van der Waals surface area contributed by atoms with Crippen LogP contribution >= 0.6 is 0 Å². The van der Waals surface area contributed by atoms with Gasteiger partial charge in [0.15, 0.2) is 5.78 Å². The quantitative estimate of drug-likeness (QED) is 0.445. The molecule has 4 nitrogen and oxygen atoms in total. The zero-order chi connectivity index (χ0) is 16.5. The molecule has 0 saturated heterocycles. The van der Waals surface area contributed by atoms with E-state index in [4.69, 9.17) is 15.9 Å². The van der Waals surface area contributed by atoms with Gasteiger partial charge in [-0.2, -0.15) is 0 Å². The Balaban J connectivity index is 2.04. The Kier molecular flexibility index (Phi) is 4.46. The molecule has 2 aliphatic carbocycles. The van der Waals surface area contributed by atoms with Gasteiger partial charge in [0.1, 0.15) is 6.10 Å². The van der Waals surface area contributed by atoms with Crippen LogP contribution < -0.4 is 0 Å². The van der Waals surface area contributed by atoms with Gasteiger partial charge in [0.25, 0.3) is 0 Å². The van der Waals surface area contributed by atoms with Crippen molar-refractivity contribution in [3.05, 3.63) is 23.5 Å². The molecule has 1 fully saturated rings. The highest BCUT2D eigenvalue weighted by Gasteiger charge is 2.61. The molecular weight excluding hydrogens is 280 g/mol. The first-order valence-electron chi connectivity index (χ1n) is 7.40. The maximum atomic E-state index is 12.4. The molecule has 1 saturated carbocycles. The molecule has 0 aromatic carbocycles. The average Bonchev–Trinajstić information content (AvgIpc) is 2.91.